The number of aliphatic hydroxyl groups excluding tert-OH is 3. The zero-order chi connectivity index (χ0) is 25.8. The summed E-state index contributed by atoms with van der Waals surface area (Å²) in [7, 11) is 0. The van der Waals surface area contributed by atoms with Gasteiger partial charge in [-0.2, -0.15) is 0 Å². The summed E-state index contributed by atoms with van der Waals surface area (Å²) in [6.45, 7) is 13.6. The van der Waals surface area contributed by atoms with E-state index in [-0.39, 0.29) is 34.7 Å². The van der Waals surface area contributed by atoms with Crippen LogP contribution in [-0.2, 0) is 4.79 Å². The molecule has 7 unspecified atom stereocenters. The lowest BCUT2D eigenvalue weighted by atomic mass is 9.33. The van der Waals surface area contributed by atoms with Crippen molar-refractivity contribution in [1.29, 1.82) is 0 Å². The van der Waals surface area contributed by atoms with Crippen molar-refractivity contribution in [2.24, 2.45) is 56.7 Å². The largest absolute Gasteiger partial charge is 0.481 e. The van der Waals surface area contributed by atoms with Crippen LogP contribution < -0.4 is 0 Å². The molecule has 0 aromatic carbocycles. The molecule has 0 heterocycles. The minimum Gasteiger partial charge on any atom is -0.481 e. The number of allylic oxidation sites excluding steroid dienone is 2. The van der Waals surface area contributed by atoms with Gasteiger partial charge in [-0.25, -0.2) is 0 Å². The van der Waals surface area contributed by atoms with Crippen molar-refractivity contribution in [3.63, 3.8) is 0 Å². The highest BCUT2D eigenvalue weighted by molar-refractivity contribution is 5.76. The first-order valence-corrected chi connectivity index (χ1v) is 14.1. The van der Waals surface area contributed by atoms with Gasteiger partial charge >= 0.3 is 5.97 Å². The van der Waals surface area contributed by atoms with Gasteiger partial charge in [0.25, 0.3) is 0 Å². The fourth-order valence-electron chi connectivity index (χ4n) is 11.0. The van der Waals surface area contributed by atoms with Gasteiger partial charge in [0.15, 0.2) is 0 Å². The zero-order valence-electron chi connectivity index (χ0n) is 22.7. The van der Waals surface area contributed by atoms with E-state index >= 15 is 0 Å². The third-order valence-corrected chi connectivity index (χ3v) is 13.5. The lowest BCUT2D eigenvalue weighted by Gasteiger charge is -2.71. The molecule has 5 heteroatoms. The van der Waals surface area contributed by atoms with Gasteiger partial charge in [0.2, 0.25) is 0 Å². The average Bonchev–Trinajstić information content (AvgIpc) is 2.80. The van der Waals surface area contributed by atoms with Crippen LogP contribution in [0.4, 0.5) is 0 Å². The highest BCUT2D eigenvalue weighted by atomic mass is 16.4. The number of carbonyl (C=O) groups is 1. The molecule has 35 heavy (non-hydrogen) atoms. The van der Waals surface area contributed by atoms with Crippen molar-refractivity contribution in [3.8, 4) is 0 Å². The fraction of sp³-hybridized carbons (Fsp3) is 0.900. The van der Waals surface area contributed by atoms with Crippen LogP contribution in [-0.4, -0.2) is 45.2 Å². The molecule has 0 amide bonds. The van der Waals surface area contributed by atoms with E-state index < -0.39 is 29.0 Å². The number of hydrogen-bond acceptors (Lipinski definition) is 4. The van der Waals surface area contributed by atoms with E-state index in [2.05, 4.69) is 40.7 Å². The molecule has 0 aromatic heterocycles. The molecular formula is C30H48O5. The molecule has 0 bridgehead atoms. The first kappa shape index (κ1) is 25.7. The van der Waals surface area contributed by atoms with E-state index in [9.17, 15) is 25.2 Å². The maximum Gasteiger partial charge on any atom is 0.310 e. The summed E-state index contributed by atoms with van der Waals surface area (Å²) in [5.41, 5.74) is -0.214. The maximum absolute atomic E-state index is 12.8. The first-order chi connectivity index (χ1) is 16.2. The van der Waals surface area contributed by atoms with Crippen LogP contribution in [0, 0.1) is 56.7 Å². The molecule has 4 fully saturated rings. The van der Waals surface area contributed by atoms with Crippen LogP contribution in [0.15, 0.2) is 11.6 Å². The average molecular weight is 489 g/mol. The third kappa shape index (κ3) is 2.95. The lowest BCUT2D eigenvalue weighted by Crippen LogP contribution is -2.68. The van der Waals surface area contributed by atoms with Crippen molar-refractivity contribution in [3.05, 3.63) is 11.6 Å². The predicted molar refractivity (Wildman–Crippen MR) is 135 cm³/mol. The summed E-state index contributed by atoms with van der Waals surface area (Å²) in [4.78, 5) is 12.8. The number of aliphatic hydroxyl groups is 3. The van der Waals surface area contributed by atoms with Gasteiger partial charge in [0.1, 0.15) is 0 Å². The quantitative estimate of drug-likeness (QED) is 0.409. The van der Waals surface area contributed by atoms with Crippen molar-refractivity contribution in [1.82, 2.24) is 0 Å². The number of fused-ring (bicyclic) bond motifs is 7. The Kier molecular flexibility index (Phi) is 5.73. The normalized spacial score (nSPS) is 57.7. The second-order valence-electron chi connectivity index (χ2n) is 14.5. The molecule has 5 aliphatic rings. The summed E-state index contributed by atoms with van der Waals surface area (Å²) in [6, 6.07) is 0. The van der Waals surface area contributed by atoms with Crippen LogP contribution in [0.3, 0.4) is 0 Å². The van der Waals surface area contributed by atoms with Crippen molar-refractivity contribution >= 4 is 5.97 Å². The Morgan fingerprint density at radius 1 is 1.00 bits per heavy atom. The molecule has 198 valence electrons. The van der Waals surface area contributed by atoms with Crippen molar-refractivity contribution < 1.29 is 25.2 Å². The minimum absolute atomic E-state index is 0.00815. The zero-order valence-corrected chi connectivity index (χ0v) is 22.7. The molecule has 0 aromatic rings. The number of aliphatic carboxylic acids is 1. The second kappa shape index (κ2) is 7.80. The van der Waals surface area contributed by atoms with Gasteiger partial charge in [0, 0.05) is 5.41 Å². The Morgan fingerprint density at radius 3 is 2.31 bits per heavy atom. The smallest absolute Gasteiger partial charge is 0.310 e. The Hall–Kier alpha value is -0.910. The first-order valence-electron chi connectivity index (χ1n) is 14.1. The Bertz CT molecular complexity index is 930. The molecule has 4 N–H and O–H groups in total. The molecule has 4 saturated carbocycles. The van der Waals surface area contributed by atoms with Crippen LogP contribution in [0.1, 0.15) is 92.9 Å². The van der Waals surface area contributed by atoms with Gasteiger partial charge in [0.05, 0.1) is 24.2 Å². The summed E-state index contributed by atoms with van der Waals surface area (Å²) in [5.74, 6) is 0.828. The van der Waals surface area contributed by atoms with Gasteiger partial charge in [-0.15, -0.1) is 0 Å². The van der Waals surface area contributed by atoms with Gasteiger partial charge in [-0.05, 0) is 97.2 Å². The van der Waals surface area contributed by atoms with E-state index in [1.54, 1.807) is 0 Å². The van der Waals surface area contributed by atoms with E-state index in [0.29, 0.717) is 24.2 Å². The van der Waals surface area contributed by atoms with Crippen LogP contribution in [0.25, 0.3) is 0 Å². The highest BCUT2D eigenvalue weighted by Crippen LogP contribution is 2.75. The third-order valence-electron chi connectivity index (χ3n) is 13.5. The second-order valence-corrected chi connectivity index (χ2v) is 14.5. The molecule has 5 rings (SSSR count). The molecule has 0 saturated heterocycles. The number of rotatable bonds is 2. The van der Waals surface area contributed by atoms with Crippen LogP contribution >= 0.6 is 0 Å². The molecular weight excluding hydrogens is 440 g/mol. The molecule has 0 radical (unpaired) electrons. The predicted octanol–water partition coefficient (Wildman–Crippen LogP) is 5.03. The minimum atomic E-state index is -0.907. The molecule has 5 nitrogen and oxygen atoms in total. The SMILES string of the molecule is CC1CC[C@]2(C(=O)O)CC[C@]3(C)C(=CCC4[C@@]5(C)CC(O)C(O)[C@](C)(CO)C5CC[C@]43C)C2C1C. The number of carboxylic acid groups (broad SMARTS) is 1. The van der Waals surface area contributed by atoms with Gasteiger partial charge < -0.3 is 20.4 Å². The van der Waals surface area contributed by atoms with E-state index in [1.807, 2.05) is 6.92 Å². The Balaban J connectivity index is 1.62. The van der Waals surface area contributed by atoms with Gasteiger partial charge in [-0.1, -0.05) is 53.2 Å². The van der Waals surface area contributed by atoms with Crippen LogP contribution in [0.5, 0.6) is 0 Å². The molecule has 0 aliphatic heterocycles. The number of hydrogen-bond donors (Lipinski definition) is 4. The summed E-state index contributed by atoms with van der Waals surface area (Å²) in [5, 5.41) is 42.9. The topological polar surface area (TPSA) is 98.0 Å². The van der Waals surface area contributed by atoms with Crippen molar-refractivity contribution in [2.45, 2.75) is 105 Å². The molecule has 5 aliphatic carbocycles. The van der Waals surface area contributed by atoms with Crippen LogP contribution in [0.2, 0.25) is 0 Å². The summed E-state index contributed by atoms with van der Waals surface area (Å²) in [6.07, 6.45) is 7.51. The summed E-state index contributed by atoms with van der Waals surface area (Å²) >= 11 is 0. The molecule has 12 atom stereocenters. The van der Waals surface area contributed by atoms with E-state index in [1.165, 1.54) is 5.57 Å². The lowest BCUT2D eigenvalue weighted by molar-refractivity contribution is -0.244. The van der Waals surface area contributed by atoms with E-state index in [4.69, 9.17) is 0 Å². The van der Waals surface area contributed by atoms with E-state index in [0.717, 1.165) is 44.9 Å². The van der Waals surface area contributed by atoms with Gasteiger partial charge in [-0.3, -0.25) is 4.79 Å². The maximum atomic E-state index is 12.8. The standard InChI is InChI=1S/C30H48O5/c1-17-9-12-30(25(34)35)14-13-28(5)19(23(30)18(17)2)7-8-22-26(3)15-20(32)24(33)27(4,16-31)21(26)10-11-29(22,28)6/h7,17-18,20-24,31-33H,8-16H2,1-6H3,(H,34,35)/t17?,18?,20?,21?,22?,23?,24?,26-,27+,28+,29+,30-/m0/s1. The molecule has 0 spiro atoms. The number of carboxylic acids is 1. The Morgan fingerprint density at radius 2 is 1.69 bits per heavy atom. The summed E-state index contributed by atoms with van der Waals surface area (Å²) < 4.78 is 0. The monoisotopic (exact) mass is 488 g/mol. The fourth-order valence-corrected chi connectivity index (χ4v) is 11.0. The highest BCUT2D eigenvalue weighted by Gasteiger charge is 2.70. The Labute approximate surface area is 211 Å². The van der Waals surface area contributed by atoms with Crippen molar-refractivity contribution in [2.75, 3.05) is 6.61 Å².